The SMILES string of the molecule is COc1ccc2ncnc(Nc3ccc(F)c(F)c3)c2c1. The van der Waals surface area contributed by atoms with Crippen molar-refractivity contribution in [1.29, 1.82) is 0 Å². The van der Waals surface area contributed by atoms with Crippen LogP contribution >= 0.6 is 0 Å². The van der Waals surface area contributed by atoms with Crippen molar-refractivity contribution in [2.24, 2.45) is 0 Å². The highest BCUT2D eigenvalue weighted by molar-refractivity contribution is 5.91. The first-order chi connectivity index (χ1) is 10.2. The van der Waals surface area contributed by atoms with Crippen LogP contribution in [0.2, 0.25) is 0 Å². The summed E-state index contributed by atoms with van der Waals surface area (Å²) in [5.74, 6) is -0.666. The van der Waals surface area contributed by atoms with Gasteiger partial charge in [-0.05, 0) is 30.3 Å². The summed E-state index contributed by atoms with van der Waals surface area (Å²) in [5, 5.41) is 3.68. The smallest absolute Gasteiger partial charge is 0.160 e. The third-order valence-electron chi connectivity index (χ3n) is 3.02. The van der Waals surface area contributed by atoms with Gasteiger partial charge in [-0.15, -0.1) is 0 Å². The van der Waals surface area contributed by atoms with E-state index in [1.807, 2.05) is 0 Å². The molecule has 1 heterocycles. The third-order valence-corrected chi connectivity index (χ3v) is 3.02. The summed E-state index contributed by atoms with van der Waals surface area (Å²) in [7, 11) is 1.56. The number of anilines is 2. The Morgan fingerprint density at radius 1 is 1.00 bits per heavy atom. The van der Waals surface area contributed by atoms with E-state index < -0.39 is 11.6 Å². The van der Waals surface area contributed by atoms with Crippen LogP contribution in [0, 0.1) is 11.6 Å². The van der Waals surface area contributed by atoms with Crippen LogP contribution in [-0.2, 0) is 0 Å². The highest BCUT2D eigenvalue weighted by atomic mass is 19.2. The molecule has 6 heteroatoms. The molecule has 0 aliphatic rings. The maximum atomic E-state index is 13.2. The third kappa shape index (κ3) is 2.60. The minimum Gasteiger partial charge on any atom is -0.497 e. The Morgan fingerprint density at radius 3 is 2.62 bits per heavy atom. The molecule has 0 radical (unpaired) electrons. The van der Waals surface area contributed by atoms with E-state index in [-0.39, 0.29) is 0 Å². The number of nitrogens with zero attached hydrogens (tertiary/aromatic N) is 2. The summed E-state index contributed by atoms with van der Waals surface area (Å²) in [6, 6.07) is 8.93. The average Bonchev–Trinajstić information content (AvgIpc) is 2.51. The Hall–Kier alpha value is -2.76. The molecule has 1 N–H and O–H groups in total. The minimum atomic E-state index is -0.920. The predicted octanol–water partition coefficient (Wildman–Crippen LogP) is 3.66. The number of nitrogens with one attached hydrogen (secondary N) is 1. The van der Waals surface area contributed by atoms with Gasteiger partial charge in [0.05, 0.1) is 12.6 Å². The monoisotopic (exact) mass is 287 g/mol. The van der Waals surface area contributed by atoms with Crippen LogP contribution in [-0.4, -0.2) is 17.1 Å². The second-order valence-corrected chi connectivity index (χ2v) is 4.36. The van der Waals surface area contributed by atoms with Crippen LogP contribution in [0.5, 0.6) is 5.75 Å². The molecule has 4 nitrogen and oxygen atoms in total. The first-order valence-electron chi connectivity index (χ1n) is 6.18. The molecular formula is C15H11F2N3O. The van der Waals surface area contributed by atoms with Crippen molar-refractivity contribution in [3.05, 3.63) is 54.4 Å². The molecule has 0 saturated carbocycles. The van der Waals surface area contributed by atoms with Crippen LogP contribution in [0.1, 0.15) is 0 Å². The number of hydrogen-bond donors (Lipinski definition) is 1. The first-order valence-corrected chi connectivity index (χ1v) is 6.18. The van der Waals surface area contributed by atoms with Crippen LogP contribution in [0.25, 0.3) is 10.9 Å². The van der Waals surface area contributed by atoms with E-state index in [2.05, 4.69) is 15.3 Å². The van der Waals surface area contributed by atoms with Gasteiger partial charge < -0.3 is 10.1 Å². The number of rotatable bonds is 3. The predicted molar refractivity (Wildman–Crippen MR) is 75.7 cm³/mol. The fourth-order valence-electron chi connectivity index (χ4n) is 1.97. The second kappa shape index (κ2) is 5.32. The number of benzene rings is 2. The van der Waals surface area contributed by atoms with Crippen molar-refractivity contribution in [2.75, 3.05) is 12.4 Å². The highest BCUT2D eigenvalue weighted by Gasteiger charge is 2.07. The van der Waals surface area contributed by atoms with Crippen molar-refractivity contribution in [1.82, 2.24) is 9.97 Å². The molecule has 0 amide bonds. The zero-order valence-electron chi connectivity index (χ0n) is 11.1. The Balaban J connectivity index is 2.05. The van der Waals surface area contributed by atoms with Gasteiger partial charge in [0.25, 0.3) is 0 Å². The lowest BCUT2D eigenvalue weighted by atomic mass is 10.2. The summed E-state index contributed by atoms with van der Waals surface area (Å²) >= 11 is 0. The molecule has 0 atom stereocenters. The van der Waals surface area contributed by atoms with Gasteiger partial charge >= 0.3 is 0 Å². The van der Waals surface area contributed by atoms with E-state index in [1.165, 1.54) is 12.4 Å². The van der Waals surface area contributed by atoms with Crippen molar-refractivity contribution >= 4 is 22.4 Å². The summed E-state index contributed by atoms with van der Waals surface area (Å²) < 4.78 is 31.4. The molecule has 0 saturated heterocycles. The fraction of sp³-hybridized carbons (Fsp3) is 0.0667. The number of hydrogen-bond acceptors (Lipinski definition) is 4. The number of methoxy groups -OCH3 is 1. The van der Waals surface area contributed by atoms with Gasteiger partial charge in [0.15, 0.2) is 11.6 Å². The van der Waals surface area contributed by atoms with Crippen molar-refractivity contribution in [3.8, 4) is 5.75 Å². The molecule has 3 aromatic rings. The van der Waals surface area contributed by atoms with Crippen LogP contribution < -0.4 is 10.1 Å². The summed E-state index contributed by atoms with van der Waals surface area (Å²) in [6.45, 7) is 0. The first kappa shape index (κ1) is 13.2. The lowest BCUT2D eigenvalue weighted by Crippen LogP contribution is -1.97. The van der Waals surface area contributed by atoms with Crippen LogP contribution in [0.4, 0.5) is 20.3 Å². The summed E-state index contributed by atoms with van der Waals surface area (Å²) in [5.41, 5.74) is 1.12. The number of ether oxygens (including phenoxy) is 1. The van der Waals surface area contributed by atoms with Crippen LogP contribution in [0.15, 0.2) is 42.7 Å². The molecule has 106 valence electrons. The van der Waals surface area contributed by atoms with Crippen molar-refractivity contribution in [3.63, 3.8) is 0 Å². The lowest BCUT2D eigenvalue weighted by molar-refractivity contribution is 0.415. The van der Waals surface area contributed by atoms with Crippen molar-refractivity contribution < 1.29 is 13.5 Å². The van der Waals surface area contributed by atoms with E-state index in [4.69, 9.17) is 4.74 Å². The van der Waals surface area contributed by atoms with Crippen LogP contribution in [0.3, 0.4) is 0 Å². The molecule has 0 aliphatic heterocycles. The quantitative estimate of drug-likeness (QED) is 0.798. The lowest BCUT2D eigenvalue weighted by Gasteiger charge is -2.09. The van der Waals surface area contributed by atoms with Gasteiger partial charge in [0.1, 0.15) is 17.9 Å². The van der Waals surface area contributed by atoms with E-state index in [9.17, 15) is 8.78 Å². The summed E-state index contributed by atoms with van der Waals surface area (Å²) in [4.78, 5) is 8.29. The van der Waals surface area contributed by atoms with Gasteiger partial charge in [-0.3, -0.25) is 0 Å². The molecule has 0 aliphatic carbocycles. The van der Waals surface area contributed by atoms with E-state index in [0.717, 1.165) is 23.0 Å². The zero-order chi connectivity index (χ0) is 14.8. The Labute approximate surface area is 119 Å². The largest absolute Gasteiger partial charge is 0.497 e. The number of fused-ring (bicyclic) bond motifs is 1. The number of halogens is 2. The Bertz CT molecular complexity index is 808. The second-order valence-electron chi connectivity index (χ2n) is 4.36. The van der Waals surface area contributed by atoms with E-state index in [1.54, 1.807) is 25.3 Å². The van der Waals surface area contributed by atoms with Gasteiger partial charge in [0.2, 0.25) is 0 Å². The highest BCUT2D eigenvalue weighted by Crippen LogP contribution is 2.27. The molecule has 3 rings (SSSR count). The van der Waals surface area contributed by atoms with E-state index in [0.29, 0.717) is 17.3 Å². The topological polar surface area (TPSA) is 47.0 Å². The van der Waals surface area contributed by atoms with Gasteiger partial charge in [-0.2, -0.15) is 0 Å². The molecule has 21 heavy (non-hydrogen) atoms. The van der Waals surface area contributed by atoms with Gasteiger partial charge in [0, 0.05) is 17.1 Å². The molecular weight excluding hydrogens is 276 g/mol. The molecule has 0 unspecified atom stereocenters. The Kier molecular flexibility index (Phi) is 3.35. The molecule has 0 bridgehead atoms. The number of aromatic nitrogens is 2. The Morgan fingerprint density at radius 2 is 1.86 bits per heavy atom. The fourth-order valence-corrected chi connectivity index (χ4v) is 1.97. The zero-order valence-corrected chi connectivity index (χ0v) is 11.1. The minimum absolute atomic E-state index is 0.400. The van der Waals surface area contributed by atoms with Crippen molar-refractivity contribution in [2.45, 2.75) is 0 Å². The molecule has 1 aromatic heterocycles. The normalized spacial score (nSPS) is 10.6. The van der Waals surface area contributed by atoms with Gasteiger partial charge in [-0.1, -0.05) is 0 Å². The molecule has 0 spiro atoms. The van der Waals surface area contributed by atoms with E-state index >= 15 is 0 Å². The molecule has 0 fully saturated rings. The summed E-state index contributed by atoms with van der Waals surface area (Å²) in [6.07, 6.45) is 1.40. The average molecular weight is 287 g/mol. The standard InChI is InChI=1S/C15H11F2N3O/c1-21-10-3-5-14-11(7-10)15(19-8-18-14)20-9-2-4-12(16)13(17)6-9/h2-8H,1H3,(H,18,19,20). The molecule has 2 aromatic carbocycles. The van der Waals surface area contributed by atoms with Gasteiger partial charge in [-0.25, -0.2) is 18.7 Å². The maximum Gasteiger partial charge on any atom is 0.160 e. The maximum absolute atomic E-state index is 13.2.